The lowest BCUT2D eigenvalue weighted by molar-refractivity contribution is 0.0825. The third-order valence-corrected chi connectivity index (χ3v) is 5.16. The molecule has 4 nitrogen and oxygen atoms in total. The third kappa shape index (κ3) is 7.04. The van der Waals surface area contributed by atoms with Crippen molar-refractivity contribution in [3.05, 3.63) is 94.6 Å². The van der Waals surface area contributed by atoms with Crippen LogP contribution in [-0.2, 0) is 12.8 Å². The smallest absolute Gasteiger partial charge is 0.254 e. The number of ketones is 1. The van der Waals surface area contributed by atoms with Crippen LogP contribution in [-0.4, -0.2) is 37.3 Å². The predicted octanol–water partition coefficient (Wildman–Crippen LogP) is 6.31. The molecular weight excluding hydrogens is 410 g/mol. The number of hydrogen-bond acceptors (Lipinski definition) is 3. The molecule has 2 aromatic rings. The van der Waals surface area contributed by atoms with E-state index in [1.165, 1.54) is 0 Å². The molecule has 0 saturated heterocycles. The zero-order valence-corrected chi connectivity index (χ0v) is 20.4. The van der Waals surface area contributed by atoms with E-state index in [0.717, 1.165) is 23.1 Å². The van der Waals surface area contributed by atoms with Crippen molar-refractivity contribution in [2.75, 3.05) is 20.7 Å². The Balaban J connectivity index is 2.73. The van der Waals surface area contributed by atoms with Gasteiger partial charge in [-0.25, -0.2) is 0 Å². The predicted molar refractivity (Wildman–Crippen MR) is 137 cm³/mol. The van der Waals surface area contributed by atoms with Crippen molar-refractivity contribution in [3.63, 3.8) is 0 Å². The first-order chi connectivity index (χ1) is 15.9. The van der Waals surface area contributed by atoms with Gasteiger partial charge in [-0.05, 0) is 56.9 Å². The van der Waals surface area contributed by atoms with E-state index < -0.39 is 0 Å². The summed E-state index contributed by atoms with van der Waals surface area (Å²) in [6, 6.07) is 11.2. The largest absolute Gasteiger partial charge is 0.493 e. The highest BCUT2D eigenvalue weighted by molar-refractivity contribution is 6.07. The van der Waals surface area contributed by atoms with Crippen LogP contribution in [0.5, 0.6) is 5.75 Å². The molecule has 0 radical (unpaired) electrons. The van der Waals surface area contributed by atoms with E-state index in [9.17, 15) is 9.59 Å². The summed E-state index contributed by atoms with van der Waals surface area (Å²) in [5.74, 6) is 0.545. The van der Waals surface area contributed by atoms with Crippen LogP contribution in [0.2, 0.25) is 0 Å². The zero-order valence-electron chi connectivity index (χ0n) is 20.4. The molecule has 0 unspecified atom stereocenters. The molecule has 4 heteroatoms. The van der Waals surface area contributed by atoms with Crippen molar-refractivity contribution in [1.82, 2.24) is 4.90 Å². The normalized spacial score (nSPS) is 11.5. The summed E-state index contributed by atoms with van der Waals surface area (Å²) in [4.78, 5) is 27.6. The molecule has 0 heterocycles. The fraction of sp³-hybridized carbons (Fsp3) is 0.310. The van der Waals surface area contributed by atoms with Gasteiger partial charge in [-0.3, -0.25) is 9.59 Å². The molecule has 0 aliphatic rings. The Labute approximate surface area is 198 Å². The minimum Gasteiger partial charge on any atom is -0.493 e. The number of benzene rings is 2. The minimum atomic E-state index is -0.0736. The van der Waals surface area contributed by atoms with Gasteiger partial charge in [-0.2, -0.15) is 0 Å². The molecule has 0 fully saturated rings. The maximum Gasteiger partial charge on any atom is 0.254 e. The second-order valence-corrected chi connectivity index (χ2v) is 7.97. The van der Waals surface area contributed by atoms with Crippen LogP contribution in [0.4, 0.5) is 0 Å². The van der Waals surface area contributed by atoms with E-state index in [-0.39, 0.29) is 11.7 Å². The molecule has 0 aliphatic heterocycles. The van der Waals surface area contributed by atoms with Gasteiger partial charge in [0.05, 0.1) is 12.2 Å². The van der Waals surface area contributed by atoms with Crippen LogP contribution in [0.3, 0.4) is 0 Å². The molecular formula is C29H35NO3. The van der Waals surface area contributed by atoms with Crippen LogP contribution in [0.25, 0.3) is 6.08 Å². The highest BCUT2D eigenvalue weighted by Crippen LogP contribution is 2.34. The first-order valence-electron chi connectivity index (χ1n) is 11.5. The van der Waals surface area contributed by atoms with Gasteiger partial charge < -0.3 is 9.64 Å². The first kappa shape index (κ1) is 25.9. The fourth-order valence-electron chi connectivity index (χ4n) is 3.50. The van der Waals surface area contributed by atoms with Crippen molar-refractivity contribution in [2.45, 2.75) is 40.0 Å². The highest BCUT2D eigenvalue weighted by atomic mass is 16.5. The van der Waals surface area contributed by atoms with Crippen LogP contribution < -0.4 is 4.74 Å². The Morgan fingerprint density at radius 3 is 2.27 bits per heavy atom. The summed E-state index contributed by atoms with van der Waals surface area (Å²) in [5, 5.41) is 0. The quantitative estimate of drug-likeness (QED) is 0.231. The minimum absolute atomic E-state index is 0.0498. The molecule has 0 atom stereocenters. The molecule has 0 saturated carbocycles. The fourth-order valence-corrected chi connectivity index (χ4v) is 3.50. The Bertz CT molecular complexity index is 1030. The maximum atomic E-state index is 13.3. The van der Waals surface area contributed by atoms with Crippen molar-refractivity contribution >= 4 is 17.8 Å². The first-order valence-corrected chi connectivity index (χ1v) is 11.5. The maximum absolute atomic E-state index is 13.3. The van der Waals surface area contributed by atoms with Crippen LogP contribution in [0, 0.1) is 0 Å². The summed E-state index contributed by atoms with van der Waals surface area (Å²) >= 11 is 0. The van der Waals surface area contributed by atoms with Crippen molar-refractivity contribution in [2.24, 2.45) is 0 Å². The molecule has 174 valence electrons. The van der Waals surface area contributed by atoms with E-state index in [4.69, 9.17) is 4.74 Å². The lowest BCUT2D eigenvalue weighted by atomic mass is 9.91. The molecule has 0 spiro atoms. The number of hydrogen-bond donors (Lipinski definition) is 0. The van der Waals surface area contributed by atoms with E-state index >= 15 is 0 Å². The van der Waals surface area contributed by atoms with E-state index in [2.05, 4.69) is 0 Å². The van der Waals surface area contributed by atoms with Crippen molar-refractivity contribution in [3.8, 4) is 5.75 Å². The van der Waals surface area contributed by atoms with Crippen molar-refractivity contribution in [1.29, 1.82) is 0 Å². The molecule has 2 aromatic carbocycles. The topological polar surface area (TPSA) is 46.6 Å². The Kier molecular flexibility index (Phi) is 10.4. The Hall–Kier alpha value is -3.40. The summed E-state index contributed by atoms with van der Waals surface area (Å²) in [7, 11) is 3.53. The summed E-state index contributed by atoms with van der Waals surface area (Å²) in [6.07, 6.45) is 13.4. The van der Waals surface area contributed by atoms with Crippen LogP contribution >= 0.6 is 0 Å². The SMILES string of the molecule is CC=CCc1cc(C=CC(=O)c2ccccc2)c(OCCC)c(CC=CC)c1C(=O)N(C)C. The average Bonchev–Trinajstić information content (AvgIpc) is 2.83. The molecule has 2 rings (SSSR count). The van der Waals surface area contributed by atoms with Crippen LogP contribution in [0.15, 0.2) is 66.8 Å². The molecule has 0 N–H and O–H groups in total. The highest BCUT2D eigenvalue weighted by Gasteiger charge is 2.23. The van der Waals surface area contributed by atoms with E-state index in [1.54, 1.807) is 37.2 Å². The van der Waals surface area contributed by atoms with Crippen LogP contribution in [0.1, 0.15) is 64.6 Å². The van der Waals surface area contributed by atoms with Gasteiger partial charge in [0, 0.05) is 30.8 Å². The second kappa shape index (κ2) is 13.2. The van der Waals surface area contributed by atoms with Crippen molar-refractivity contribution < 1.29 is 14.3 Å². The van der Waals surface area contributed by atoms with Gasteiger partial charge in [0.15, 0.2) is 5.78 Å². The number of nitrogens with zero attached hydrogens (tertiary/aromatic N) is 1. The molecule has 0 aliphatic carbocycles. The van der Waals surface area contributed by atoms with Gasteiger partial charge in [0.2, 0.25) is 0 Å². The van der Waals surface area contributed by atoms with Gasteiger partial charge >= 0.3 is 0 Å². The third-order valence-electron chi connectivity index (χ3n) is 5.16. The number of ether oxygens (including phenoxy) is 1. The monoisotopic (exact) mass is 445 g/mol. The summed E-state index contributed by atoms with van der Waals surface area (Å²) in [5.41, 5.74) is 3.89. The lowest BCUT2D eigenvalue weighted by Crippen LogP contribution is -2.25. The number of carbonyl (C=O) groups excluding carboxylic acids is 2. The molecule has 0 aromatic heterocycles. The zero-order chi connectivity index (χ0) is 24.2. The molecule has 0 bridgehead atoms. The van der Waals surface area contributed by atoms with E-state index in [0.29, 0.717) is 36.3 Å². The average molecular weight is 446 g/mol. The van der Waals surface area contributed by atoms with Gasteiger partial charge in [0.1, 0.15) is 5.75 Å². The number of allylic oxidation sites excluding steroid dienone is 5. The van der Waals surface area contributed by atoms with Gasteiger partial charge in [0.25, 0.3) is 5.91 Å². The van der Waals surface area contributed by atoms with Gasteiger partial charge in [-0.1, -0.05) is 61.6 Å². The Morgan fingerprint density at radius 2 is 1.67 bits per heavy atom. The number of carbonyl (C=O) groups is 2. The Morgan fingerprint density at radius 1 is 1.00 bits per heavy atom. The standard InChI is InChI=1S/C29H35NO3/c1-6-9-14-23-21-24(18-19-26(31)22-15-12-11-13-16-22)28(33-20-8-3)25(17-10-7-2)27(23)29(32)30(4)5/h6-7,9-13,15-16,18-19,21H,8,14,17,20H2,1-5H3. The molecule has 1 amide bonds. The summed E-state index contributed by atoms with van der Waals surface area (Å²) in [6.45, 7) is 6.50. The lowest BCUT2D eigenvalue weighted by Gasteiger charge is -2.22. The van der Waals surface area contributed by atoms with E-state index in [1.807, 2.05) is 75.4 Å². The number of rotatable bonds is 11. The van der Waals surface area contributed by atoms with Gasteiger partial charge in [-0.15, -0.1) is 0 Å². The molecule has 33 heavy (non-hydrogen) atoms. The number of amides is 1. The second-order valence-electron chi connectivity index (χ2n) is 7.97. The summed E-state index contributed by atoms with van der Waals surface area (Å²) < 4.78 is 6.20.